The third-order valence-electron chi connectivity index (χ3n) is 1.90. The van der Waals surface area contributed by atoms with Gasteiger partial charge in [-0.05, 0) is 41.4 Å². The van der Waals surface area contributed by atoms with Gasteiger partial charge in [-0.25, -0.2) is 0 Å². The molecular formula is C11H12BrCl2N. The molecule has 1 nitrogen and oxygen atoms in total. The van der Waals surface area contributed by atoms with E-state index in [1.807, 2.05) is 19.1 Å². The fourth-order valence-electron chi connectivity index (χ4n) is 1.07. The zero-order valence-electron chi connectivity index (χ0n) is 8.41. The molecule has 0 amide bonds. The van der Waals surface area contributed by atoms with Gasteiger partial charge in [-0.15, -0.1) is 6.58 Å². The van der Waals surface area contributed by atoms with Crippen molar-refractivity contribution in [2.75, 3.05) is 11.9 Å². The lowest BCUT2D eigenvalue weighted by Crippen LogP contribution is -2.02. The van der Waals surface area contributed by atoms with Crippen LogP contribution in [-0.2, 0) is 0 Å². The molecule has 1 aromatic rings. The van der Waals surface area contributed by atoms with Crippen LogP contribution in [0, 0.1) is 0 Å². The Balaban J connectivity index is 2.70. The van der Waals surface area contributed by atoms with Crippen LogP contribution in [0.4, 0.5) is 5.69 Å². The van der Waals surface area contributed by atoms with Crippen molar-refractivity contribution in [2.24, 2.45) is 0 Å². The largest absolute Gasteiger partial charge is 0.383 e. The summed E-state index contributed by atoms with van der Waals surface area (Å²) in [5, 5.41) is 4.30. The first-order chi connectivity index (χ1) is 7.02. The minimum absolute atomic E-state index is 0.539. The molecule has 15 heavy (non-hydrogen) atoms. The summed E-state index contributed by atoms with van der Waals surface area (Å²) in [6, 6.07) is 3.77. The maximum atomic E-state index is 6.07. The molecule has 0 aliphatic carbocycles. The van der Waals surface area contributed by atoms with Gasteiger partial charge < -0.3 is 5.32 Å². The molecule has 0 bridgehead atoms. The van der Waals surface area contributed by atoms with Crippen LogP contribution in [0.3, 0.4) is 0 Å². The third kappa shape index (κ3) is 3.71. The Labute approximate surface area is 109 Å². The lowest BCUT2D eigenvalue weighted by atomic mass is 10.2. The highest BCUT2D eigenvalue weighted by atomic mass is 79.9. The zero-order chi connectivity index (χ0) is 11.4. The van der Waals surface area contributed by atoms with E-state index < -0.39 is 0 Å². The Morgan fingerprint density at radius 1 is 1.40 bits per heavy atom. The van der Waals surface area contributed by atoms with Gasteiger partial charge in [0.25, 0.3) is 0 Å². The third-order valence-corrected chi connectivity index (χ3v) is 3.67. The molecule has 0 spiro atoms. The molecular weight excluding hydrogens is 297 g/mol. The predicted molar refractivity (Wildman–Crippen MR) is 72.1 cm³/mol. The number of hydrogen-bond acceptors (Lipinski definition) is 1. The molecule has 1 rings (SSSR count). The molecule has 0 aliphatic rings. The van der Waals surface area contributed by atoms with Gasteiger partial charge in [0.05, 0.1) is 15.7 Å². The minimum Gasteiger partial charge on any atom is -0.383 e. The van der Waals surface area contributed by atoms with Crippen molar-refractivity contribution in [1.82, 2.24) is 0 Å². The monoisotopic (exact) mass is 307 g/mol. The maximum Gasteiger partial charge on any atom is 0.0835 e. The molecule has 0 fully saturated rings. The van der Waals surface area contributed by atoms with E-state index in [1.165, 1.54) is 0 Å². The topological polar surface area (TPSA) is 12.0 Å². The molecule has 0 aliphatic heterocycles. The van der Waals surface area contributed by atoms with Crippen molar-refractivity contribution >= 4 is 44.8 Å². The van der Waals surface area contributed by atoms with Crippen molar-refractivity contribution in [2.45, 2.75) is 13.3 Å². The van der Waals surface area contributed by atoms with Gasteiger partial charge in [0.15, 0.2) is 0 Å². The van der Waals surface area contributed by atoms with Crippen molar-refractivity contribution in [3.8, 4) is 0 Å². The summed E-state index contributed by atoms with van der Waals surface area (Å²) < 4.78 is 0.805. The van der Waals surface area contributed by atoms with Crippen molar-refractivity contribution in [3.05, 3.63) is 38.8 Å². The second kappa shape index (κ2) is 5.78. The molecule has 0 saturated carbocycles. The molecule has 1 aromatic carbocycles. The van der Waals surface area contributed by atoms with Crippen LogP contribution in [0.5, 0.6) is 0 Å². The predicted octanol–water partition coefficient (Wildman–Crippen LogP) is 5.13. The summed E-state index contributed by atoms with van der Waals surface area (Å²) >= 11 is 15.4. The Morgan fingerprint density at radius 3 is 2.67 bits per heavy atom. The number of nitrogens with one attached hydrogen (secondary N) is 1. The van der Waals surface area contributed by atoms with E-state index in [9.17, 15) is 0 Å². The fraction of sp³-hybridized carbons (Fsp3) is 0.273. The lowest BCUT2D eigenvalue weighted by molar-refractivity contribution is 1.00. The highest BCUT2D eigenvalue weighted by Gasteiger charge is 2.07. The summed E-state index contributed by atoms with van der Waals surface area (Å²) in [5.41, 5.74) is 1.99. The molecule has 0 radical (unpaired) electrons. The number of hydrogen-bond donors (Lipinski definition) is 1. The van der Waals surface area contributed by atoms with E-state index in [-0.39, 0.29) is 0 Å². The van der Waals surface area contributed by atoms with E-state index in [0.29, 0.717) is 10.0 Å². The van der Waals surface area contributed by atoms with Crippen LogP contribution in [0.25, 0.3) is 0 Å². The molecule has 0 aromatic heterocycles. The van der Waals surface area contributed by atoms with Gasteiger partial charge >= 0.3 is 0 Å². The van der Waals surface area contributed by atoms with Gasteiger partial charge in [-0.3, -0.25) is 0 Å². The average molecular weight is 309 g/mol. The van der Waals surface area contributed by atoms with Gasteiger partial charge in [0.1, 0.15) is 0 Å². The van der Waals surface area contributed by atoms with Crippen LogP contribution < -0.4 is 5.32 Å². The van der Waals surface area contributed by atoms with E-state index >= 15 is 0 Å². The van der Waals surface area contributed by atoms with Crippen molar-refractivity contribution < 1.29 is 0 Å². The zero-order valence-corrected chi connectivity index (χ0v) is 11.5. The standard InChI is InChI=1S/C11H12BrCl2N/c1-7(2)5-6-15-9-4-3-8(12)10(13)11(9)14/h3-4,15H,1,5-6H2,2H3. The smallest absolute Gasteiger partial charge is 0.0835 e. The SMILES string of the molecule is C=C(C)CCNc1ccc(Br)c(Cl)c1Cl. The summed E-state index contributed by atoms with van der Waals surface area (Å²) in [7, 11) is 0. The average Bonchev–Trinajstić information content (AvgIpc) is 2.18. The molecule has 4 heteroatoms. The molecule has 1 N–H and O–H groups in total. The highest BCUT2D eigenvalue weighted by molar-refractivity contribution is 9.10. The van der Waals surface area contributed by atoms with E-state index in [2.05, 4.69) is 27.8 Å². The van der Waals surface area contributed by atoms with Crippen LogP contribution in [0.1, 0.15) is 13.3 Å². The van der Waals surface area contributed by atoms with Crippen molar-refractivity contribution in [3.63, 3.8) is 0 Å². The Kier molecular flexibility index (Phi) is 4.97. The summed E-state index contributed by atoms with van der Waals surface area (Å²) in [5.74, 6) is 0. The summed E-state index contributed by atoms with van der Waals surface area (Å²) in [6.45, 7) is 6.64. The van der Waals surface area contributed by atoms with Crippen LogP contribution in [0.2, 0.25) is 10.0 Å². The number of halogens is 3. The number of benzene rings is 1. The van der Waals surface area contributed by atoms with E-state index in [0.717, 1.165) is 28.7 Å². The van der Waals surface area contributed by atoms with E-state index in [4.69, 9.17) is 23.2 Å². The van der Waals surface area contributed by atoms with Crippen LogP contribution in [-0.4, -0.2) is 6.54 Å². The summed E-state index contributed by atoms with van der Waals surface area (Å²) in [6.07, 6.45) is 0.921. The first kappa shape index (κ1) is 12.9. The first-order valence-corrected chi connectivity index (χ1v) is 6.09. The van der Waals surface area contributed by atoms with Crippen LogP contribution >= 0.6 is 39.1 Å². The second-order valence-corrected chi connectivity index (χ2v) is 4.97. The van der Waals surface area contributed by atoms with Crippen LogP contribution in [0.15, 0.2) is 28.8 Å². The second-order valence-electron chi connectivity index (χ2n) is 3.36. The van der Waals surface area contributed by atoms with Gasteiger partial charge in [0, 0.05) is 11.0 Å². The van der Waals surface area contributed by atoms with Gasteiger partial charge in [0.2, 0.25) is 0 Å². The normalized spacial score (nSPS) is 10.1. The molecule has 0 unspecified atom stereocenters. The first-order valence-electron chi connectivity index (χ1n) is 4.54. The minimum atomic E-state index is 0.539. The molecule has 0 atom stereocenters. The highest BCUT2D eigenvalue weighted by Crippen LogP contribution is 2.35. The Hall–Kier alpha value is -0.180. The fourth-order valence-corrected chi connectivity index (χ4v) is 1.91. The Morgan fingerprint density at radius 2 is 2.07 bits per heavy atom. The number of rotatable bonds is 4. The molecule has 82 valence electrons. The van der Waals surface area contributed by atoms with Gasteiger partial charge in [-0.1, -0.05) is 28.8 Å². The molecule has 0 heterocycles. The summed E-state index contributed by atoms with van der Waals surface area (Å²) in [4.78, 5) is 0. The lowest BCUT2D eigenvalue weighted by Gasteiger charge is -2.10. The maximum absolute atomic E-state index is 6.07. The Bertz CT molecular complexity index is 377. The number of anilines is 1. The van der Waals surface area contributed by atoms with Gasteiger partial charge in [-0.2, -0.15) is 0 Å². The quantitative estimate of drug-likeness (QED) is 0.600. The molecule has 0 saturated heterocycles. The van der Waals surface area contributed by atoms with E-state index in [1.54, 1.807) is 0 Å². The van der Waals surface area contributed by atoms with Crippen molar-refractivity contribution in [1.29, 1.82) is 0 Å².